The Labute approximate surface area is 117 Å². The second kappa shape index (κ2) is 5.15. The maximum atomic E-state index is 13.8. The molecule has 2 rings (SSSR count). The smallest absolute Gasteiger partial charge is 0.244 e. The zero-order valence-electron chi connectivity index (χ0n) is 10.5. The fourth-order valence-electron chi connectivity index (χ4n) is 2.35. The van der Waals surface area contributed by atoms with Crippen LogP contribution in [-0.2, 0) is 10.0 Å². The lowest BCUT2D eigenvalue weighted by Gasteiger charge is -2.22. The SMILES string of the molecule is CC1CCCN1S(=O)(=O)c1cccc(F)c1C(N)=S. The number of nitrogens with two attached hydrogens (primary N) is 1. The van der Waals surface area contributed by atoms with Gasteiger partial charge >= 0.3 is 0 Å². The Morgan fingerprint density at radius 2 is 2.21 bits per heavy atom. The molecule has 0 saturated carbocycles. The van der Waals surface area contributed by atoms with Gasteiger partial charge in [-0.15, -0.1) is 0 Å². The van der Waals surface area contributed by atoms with Gasteiger partial charge in [0, 0.05) is 12.6 Å². The van der Waals surface area contributed by atoms with Crippen molar-refractivity contribution in [3.8, 4) is 0 Å². The van der Waals surface area contributed by atoms with E-state index in [1.165, 1.54) is 16.4 Å². The minimum Gasteiger partial charge on any atom is -0.389 e. The summed E-state index contributed by atoms with van der Waals surface area (Å²) in [5.41, 5.74) is 5.26. The van der Waals surface area contributed by atoms with Crippen LogP contribution in [0.25, 0.3) is 0 Å². The molecule has 2 N–H and O–H groups in total. The van der Waals surface area contributed by atoms with E-state index in [2.05, 4.69) is 0 Å². The molecule has 1 aromatic carbocycles. The molecule has 1 fully saturated rings. The number of hydrogen-bond acceptors (Lipinski definition) is 3. The minimum absolute atomic E-state index is 0.0903. The highest BCUT2D eigenvalue weighted by Crippen LogP contribution is 2.28. The van der Waals surface area contributed by atoms with Crippen LogP contribution in [0.15, 0.2) is 23.1 Å². The van der Waals surface area contributed by atoms with Crippen molar-refractivity contribution < 1.29 is 12.8 Å². The van der Waals surface area contributed by atoms with Gasteiger partial charge in [-0.05, 0) is 31.9 Å². The summed E-state index contributed by atoms with van der Waals surface area (Å²) in [7, 11) is -3.76. The van der Waals surface area contributed by atoms with Crippen LogP contribution in [0.4, 0.5) is 4.39 Å². The monoisotopic (exact) mass is 302 g/mol. The van der Waals surface area contributed by atoms with Crippen LogP contribution in [0.3, 0.4) is 0 Å². The number of sulfonamides is 1. The first-order valence-corrected chi connectivity index (χ1v) is 7.80. The number of rotatable bonds is 3. The number of thiocarbonyl (C=S) groups is 1. The fraction of sp³-hybridized carbons (Fsp3) is 0.417. The van der Waals surface area contributed by atoms with Crippen molar-refractivity contribution in [2.45, 2.75) is 30.7 Å². The van der Waals surface area contributed by atoms with Gasteiger partial charge < -0.3 is 5.73 Å². The number of halogens is 1. The molecule has 1 heterocycles. The molecule has 1 aliphatic heterocycles. The van der Waals surface area contributed by atoms with Gasteiger partial charge in [-0.3, -0.25) is 0 Å². The summed E-state index contributed by atoms with van der Waals surface area (Å²) in [6.07, 6.45) is 1.61. The van der Waals surface area contributed by atoms with Crippen molar-refractivity contribution in [2.24, 2.45) is 5.73 Å². The van der Waals surface area contributed by atoms with E-state index in [1.807, 2.05) is 6.92 Å². The van der Waals surface area contributed by atoms with E-state index in [4.69, 9.17) is 18.0 Å². The summed E-state index contributed by atoms with van der Waals surface area (Å²) in [4.78, 5) is -0.391. The zero-order valence-corrected chi connectivity index (χ0v) is 12.1. The number of benzene rings is 1. The zero-order chi connectivity index (χ0) is 14.2. The first kappa shape index (κ1) is 14.4. The molecule has 0 radical (unpaired) electrons. The summed E-state index contributed by atoms with van der Waals surface area (Å²) in [5, 5.41) is 0. The molecular formula is C12H15FN2O2S2. The Balaban J connectivity index is 2.58. The summed E-state index contributed by atoms with van der Waals surface area (Å²) < 4.78 is 40.3. The molecule has 0 bridgehead atoms. The summed E-state index contributed by atoms with van der Waals surface area (Å²) in [6, 6.07) is 3.76. The molecule has 0 aromatic heterocycles. The summed E-state index contributed by atoms with van der Waals surface area (Å²) in [5.74, 6) is -0.708. The van der Waals surface area contributed by atoms with Crippen molar-refractivity contribution in [2.75, 3.05) is 6.54 Å². The third kappa shape index (κ3) is 2.50. The van der Waals surface area contributed by atoms with E-state index in [9.17, 15) is 12.8 Å². The van der Waals surface area contributed by atoms with Gasteiger partial charge in [0.2, 0.25) is 10.0 Å². The van der Waals surface area contributed by atoms with Gasteiger partial charge in [0.1, 0.15) is 10.8 Å². The summed E-state index contributed by atoms with van der Waals surface area (Å²) >= 11 is 4.76. The minimum atomic E-state index is -3.76. The van der Waals surface area contributed by atoms with Gasteiger partial charge in [-0.25, -0.2) is 12.8 Å². The molecule has 1 aromatic rings. The van der Waals surface area contributed by atoms with Crippen molar-refractivity contribution >= 4 is 27.2 Å². The van der Waals surface area contributed by atoms with Crippen LogP contribution in [-0.4, -0.2) is 30.3 Å². The van der Waals surface area contributed by atoms with Gasteiger partial charge in [0.05, 0.1) is 10.5 Å². The largest absolute Gasteiger partial charge is 0.389 e. The van der Waals surface area contributed by atoms with Crippen LogP contribution in [0.1, 0.15) is 25.3 Å². The standard InChI is InChI=1S/C12H15FN2O2S2/c1-8-4-3-7-15(8)19(16,17)10-6-2-5-9(13)11(10)12(14)18/h2,5-6,8H,3-4,7H2,1H3,(H2,14,18). The molecule has 1 unspecified atom stereocenters. The van der Waals surface area contributed by atoms with Gasteiger partial charge in [-0.1, -0.05) is 18.3 Å². The van der Waals surface area contributed by atoms with E-state index in [-0.39, 0.29) is 21.5 Å². The van der Waals surface area contributed by atoms with Crippen molar-refractivity contribution in [3.63, 3.8) is 0 Å². The Kier molecular flexibility index (Phi) is 3.89. The van der Waals surface area contributed by atoms with Crippen LogP contribution < -0.4 is 5.73 Å². The van der Waals surface area contributed by atoms with Gasteiger partial charge in [0.15, 0.2) is 0 Å². The second-order valence-corrected chi connectivity index (χ2v) is 6.88. The lowest BCUT2D eigenvalue weighted by atomic mass is 10.2. The third-order valence-electron chi connectivity index (χ3n) is 3.30. The maximum absolute atomic E-state index is 13.8. The second-order valence-electron chi connectivity index (χ2n) is 4.58. The number of hydrogen-bond donors (Lipinski definition) is 1. The van der Waals surface area contributed by atoms with Crippen LogP contribution >= 0.6 is 12.2 Å². The van der Waals surface area contributed by atoms with E-state index in [1.54, 1.807) is 0 Å². The fourth-order valence-corrected chi connectivity index (χ4v) is 4.54. The van der Waals surface area contributed by atoms with Crippen molar-refractivity contribution in [1.29, 1.82) is 0 Å². The molecule has 104 valence electrons. The molecule has 1 atom stereocenters. The molecule has 1 saturated heterocycles. The molecule has 19 heavy (non-hydrogen) atoms. The van der Waals surface area contributed by atoms with Crippen molar-refractivity contribution in [1.82, 2.24) is 4.31 Å². The Bertz CT molecular complexity index is 616. The summed E-state index contributed by atoms with van der Waals surface area (Å²) in [6.45, 7) is 2.28. The molecule has 4 nitrogen and oxygen atoms in total. The van der Waals surface area contributed by atoms with E-state index < -0.39 is 15.8 Å². The Hall–Kier alpha value is -1.05. The lowest BCUT2D eigenvalue weighted by molar-refractivity contribution is 0.408. The van der Waals surface area contributed by atoms with E-state index >= 15 is 0 Å². The van der Waals surface area contributed by atoms with E-state index in [0.29, 0.717) is 6.54 Å². The van der Waals surface area contributed by atoms with Gasteiger partial charge in [0.25, 0.3) is 0 Å². The first-order valence-electron chi connectivity index (χ1n) is 5.96. The highest BCUT2D eigenvalue weighted by molar-refractivity contribution is 7.89. The predicted octanol–water partition coefficient (Wildman–Crippen LogP) is 1.63. The maximum Gasteiger partial charge on any atom is 0.244 e. The first-order chi connectivity index (χ1) is 8.85. The normalized spacial score (nSPS) is 20.6. The number of nitrogens with zero attached hydrogens (tertiary/aromatic N) is 1. The third-order valence-corrected chi connectivity index (χ3v) is 5.56. The average molecular weight is 302 g/mol. The lowest BCUT2D eigenvalue weighted by Crippen LogP contribution is -2.35. The van der Waals surface area contributed by atoms with Crippen LogP contribution in [0, 0.1) is 5.82 Å². The predicted molar refractivity (Wildman–Crippen MR) is 74.9 cm³/mol. The molecule has 7 heteroatoms. The molecule has 0 aliphatic carbocycles. The van der Waals surface area contributed by atoms with Crippen LogP contribution in [0.2, 0.25) is 0 Å². The van der Waals surface area contributed by atoms with Gasteiger partial charge in [-0.2, -0.15) is 4.31 Å². The Morgan fingerprint density at radius 3 is 2.74 bits per heavy atom. The van der Waals surface area contributed by atoms with Crippen LogP contribution in [0.5, 0.6) is 0 Å². The quantitative estimate of drug-likeness (QED) is 0.862. The molecular weight excluding hydrogens is 287 g/mol. The topological polar surface area (TPSA) is 63.4 Å². The molecule has 0 spiro atoms. The highest BCUT2D eigenvalue weighted by Gasteiger charge is 2.35. The van der Waals surface area contributed by atoms with Crippen molar-refractivity contribution in [3.05, 3.63) is 29.6 Å². The molecule has 1 aliphatic rings. The Morgan fingerprint density at radius 1 is 1.53 bits per heavy atom. The van der Waals surface area contributed by atoms with E-state index in [0.717, 1.165) is 18.9 Å². The highest BCUT2D eigenvalue weighted by atomic mass is 32.2. The molecule has 0 amide bonds. The average Bonchev–Trinajstić information content (AvgIpc) is 2.75.